The molecule has 1 unspecified atom stereocenters. The third kappa shape index (κ3) is 2.47. The van der Waals surface area contributed by atoms with Crippen LogP contribution in [0.5, 0.6) is 11.5 Å². The molecule has 2 aromatic carbocycles. The van der Waals surface area contributed by atoms with E-state index in [1.165, 1.54) is 16.7 Å². The molecule has 2 aromatic rings. The maximum atomic E-state index is 6.09. The smallest absolute Gasteiger partial charge is 0.123 e. The van der Waals surface area contributed by atoms with E-state index < -0.39 is 0 Å². The van der Waals surface area contributed by atoms with Crippen LogP contribution in [0, 0.1) is 0 Å². The Morgan fingerprint density at radius 1 is 1.00 bits per heavy atom. The summed E-state index contributed by atoms with van der Waals surface area (Å²) in [5.41, 5.74) is 3.99. The molecule has 0 aromatic heterocycles. The van der Waals surface area contributed by atoms with E-state index in [2.05, 4.69) is 50.2 Å². The van der Waals surface area contributed by atoms with Crippen LogP contribution in [0.25, 0.3) is 0 Å². The fraction of sp³-hybridized carbons (Fsp3) is 0.400. The molecule has 0 spiro atoms. The Kier molecular flexibility index (Phi) is 3.14. The molecule has 2 aliphatic heterocycles. The van der Waals surface area contributed by atoms with Crippen molar-refractivity contribution in [1.29, 1.82) is 0 Å². The SMILES string of the molecule is CC1(C)CCc2cc(C3COc4ccccc4C3)ccc2O1. The lowest BCUT2D eigenvalue weighted by molar-refractivity contribution is 0.0846. The van der Waals surface area contributed by atoms with E-state index in [0.29, 0.717) is 5.92 Å². The summed E-state index contributed by atoms with van der Waals surface area (Å²) in [5, 5.41) is 0. The number of hydrogen-bond acceptors (Lipinski definition) is 2. The summed E-state index contributed by atoms with van der Waals surface area (Å²) in [6, 6.07) is 15.0. The second-order valence-corrected chi connectivity index (χ2v) is 7.05. The highest BCUT2D eigenvalue weighted by molar-refractivity contribution is 5.43. The Balaban J connectivity index is 1.60. The van der Waals surface area contributed by atoms with Crippen molar-refractivity contribution >= 4 is 0 Å². The van der Waals surface area contributed by atoms with Gasteiger partial charge in [-0.25, -0.2) is 0 Å². The van der Waals surface area contributed by atoms with Crippen molar-refractivity contribution in [2.45, 2.75) is 44.6 Å². The topological polar surface area (TPSA) is 18.5 Å². The highest BCUT2D eigenvalue weighted by atomic mass is 16.5. The standard InChI is InChI=1S/C20H22O2/c1-20(2)10-9-16-11-14(7-8-19(16)22-20)17-12-15-5-3-4-6-18(15)21-13-17/h3-8,11,17H,9-10,12-13H2,1-2H3. The third-order valence-electron chi connectivity index (χ3n) is 4.82. The summed E-state index contributed by atoms with van der Waals surface area (Å²) in [7, 11) is 0. The molecule has 2 aliphatic rings. The number of rotatable bonds is 1. The van der Waals surface area contributed by atoms with Gasteiger partial charge in [0.1, 0.15) is 17.1 Å². The van der Waals surface area contributed by atoms with Crippen LogP contribution in [0.15, 0.2) is 42.5 Å². The summed E-state index contributed by atoms with van der Waals surface area (Å²) in [6.07, 6.45) is 3.23. The molecule has 0 saturated carbocycles. The van der Waals surface area contributed by atoms with Gasteiger partial charge in [0, 0.05) is 5.92 Å². The zero-order valence-corrected chi connectivity index (χ0v) is 13.3. The van der Waals surface area contributed by atoms with Crippen LogP contribution < -0.4 is 9.47 Å². The maximum Gasteiger partial charge on any atom is 0.123 e. The van der Waals surface area contributed by atoms with E-state index in [4.69, 9.17) is 9.47 Å². The average Bonchev–Trinajstić information content (AvgIpc) is 2.53. The first-order chi connectivity index (χ1) is 10.6. The van der Waals surface area contributed by atoms with E-state index in [1.54, 1.807) is 0 Å². The van der Waals surface area contributed by atoms with E-state index in [-0.39, 0.29) is 5.60 Å². The molecule has 2 heterocycles. The minimum absolute atomic E-state index is 0.0403. The van der Waals surface area contributed by atoms with Crippen LogP contribution in [-0.2, 0) is 12.8 Å². The molecule has 1 atom stereocenters. The van der Waals surface area contributed by atoms with Gasteiger partial charge in [-0.1, -0.05) is 30.3 Å². The molecule has 22 heavy (non-hydrogen) atoms. The van der Waals surface area contributed by atoms with Crippen molar-refractivity contribution in [1.82, 2.24) is 0 Å². The zero-order chi connectivity index (χ0) is 15.2. The fourth-order valence-electron chi connectivity index (χ4n) is 3.47. The van der Waals surface area contributed by atoms with Gasteiger partial charge in [0.2, 0.25) is 0 Å². The number of hydrogen-bond donors (Lipinski definition) is 0. The van der Waals surface area contributed by atoms with Gasteiger partial charge in [-0.05, 0) is 61.9 Å². The largest absolute Gasteiger partial charge is 0.493 e. The molecule has 0 bridgehead atoms. The van der Waals surface area contributed by atoms with E-state index in [9.17, 15) is 0 Å². The molecule has 0 saturated heterocycles. The summed E-state index contributed by atoms with van der Waals surface area (Å²) in [6.45, 7) is 5.09. The summed E-state index contributed by atoms with van der Waals surface area (Å²) in [5.74, 6) is 2.54. The first-order valence-electron chi connectivity index (χ1n) is 8.13. The molecule has 114 valence electrons. The maximum absolute atomic E-state index is 6.09. The Morgan fingerprint density at radius 2 is 1.86 bits per heavy atom. The van der Waals surface area contributed by atoms with Crippen molar-refractivity contribution in [3.8, 4) is 11.5 Å². The molecule has 0 radical (unpaired) electrons. The number of ether oxygens (including phenoxy) is 2. The first-order valence-corrected chi connectivity index (χ1v) is 8.13. The Bertz CT molecular complexity index is 703. The van der Waals surface area contributed by atoms with Gasteiger partial charge in [0.05, 0.1) is 6.61 Å². The lowest BCUT2D eigenvalue weighted by atomic mass is 9.87. The minimum atomic E-state index is -0.0403. The molecule has 0 N–H and O–H groups in total. The van der Waals surface area contributed by atoms with Crippen molar-refractivity contribution in [3.05, 3.63) is 59.2 Å². The highest BCUT2D eigenvalue weighted by Gasteiger charge is 2.28. The molecule has 0 aliphatic carbocycles. The van der Waals surface area contributed by atoms with Crippen LogP contribution in [0.4, 0.5) is 0 Å². The Labute approximate surface area is 132 Å². The van der Waals surface area contributed by atoms with Gasteiger partial charge in [-0.15, -0.1) is 0 Å². The monoisotopic (exact) mass is 294 g/mol. The van der Waals surface area contributed by atoms with Crippen molar-refractivity contribution in [2.24, 2.45) is 0 Å². The lowest BCUT2D eigenvalue weighted by Gasteiger charge is -2.33. The second-order valence-electron chi connectivity index (χ2n) is 7.05. The van der Waals surface area contributed by atoms with Crippen LogP contribution in [0.3, 0.4) is 0 Å². The normalized spacial score (nSPS) is 22.0. The van der Waals surface area contributed by atoms with Gasteiger partial charge in [-0.2, -0.15) is 0 Å². The van der Waals surface area contributed by atoms with E-state index in [1.807, 2.05) is 6.07 Å². The van der Waals surface area contributed by atoms with Crippen LogP contribution >= 0.6 is 0 Å². The molecule has 0 fully saturated rings. The van der Waals surface area contributed by atoms with E-state index in [0.717, 1.165) is 37.4 Å². The Hall–Kier alpha value is -1.96. The third-order valence-corrected chi connectivity index (χ3v) is 4.82. The van der Waals surface area contributed by atoms with Gasteiger partial charge in [0.25, 0.3) is 0 Å². The van der Waals surface area contributed by atoms with Crippen LogP contribution in [-0.4, -0.2) is 12.2 Å². The molecular weight excluding hydrogens is 272 g/mol. The van der Waals surface area contributed by atoms with Gasteiger partial charge >= 0.3 is 0 Å². The average molecular weight is 294 g/mol. The van der Waals surface area contributed by atoms with Crippen molar-refractivity contribution < 1.29 is 9.47 Å². The molecular formula is C20H22O2. The first kappa shape index (κ1) is 13.7. The summed E-state index contributed by atoms with van der Waals surface area (Å²) >= 11 is 0. The fourth-order valence-corrected chi connectivity index (χ4v) is 3.47. The predicted molar refractivity (Wildman–Crippen MR) is 87.9 cm³/mol. The van der Waals surface area contributed by atoms with Crippen molar-refractivity contribution in [3.63, 3.8) is 0 Å². The van der Waals surface area contributed by atoms with Crippen molar-refractivity contribution in [2.75, 3.05) is 6.61 Å². The summed E-state index contributed by atoms with van der Waals surface area (Å²) in [4.78, 5) is 0. The zero-order valence-electron chi connectivity index (χ0n) is 13.3. The quantitative estimate of drug-likeness (QED) is 0.770. The number of fused-ring (bicyclic) bond motifs is 2. The molecule has 4 rings (SSSR count). The minimum Gasteiger partial charge on any atom is -0.493 e. The van der Waals surface area contributed by atoms with Gasteiger partial charge < -0.3 is 9.47 Å². The van der Waals surface area contributed by atoms with Crippen LogP contribution in [0.2, 0.25) is 0 Å². The number of para-hydroxylation sites is 1. The summed E-state index contributed by atoms with van der Waals surface area (Å²) < 4.78 is 12.0. The second kappa shape index (κ2) is 5.05. The highest BCUT2D eigenvalue weighted by Crippen LogP contribution is 2.37. The lowest BCUT2D eigenvalue weighted by Crippen LogP contribution is -2.32. The molecule has 0 amide bonds. The number of benzene rings is 2. The van der Waals surface area contributed by atoms with Crippen LogP contribution in [0.1, 0.15) is 42.9 Å². The number of aryl methyl sites for hydroxylation is 1. The van der Waals surface area contributed by atoms with E-state index >= 15 is 0 Å². The Morgan fingerprint density at radius 3 is 2.77 bits per heavy atom. The van der Waals surface area contributed by atoms with Gasteiger partial charge in [-0.3, -0.25) is 0 Å². The van der Waals surface area contributed by atoms with Gasteiger partial charge in [0.15, 0.2) is 0 Å². The molecule has 2 nitrogen and oxygen atoms in total. The predicted octanol–water partition coefficient (Wildman–Crippen LogP) is 4.51. The molecule has 2 heteroatoms.